The molecule has 0 fully saturated rings. The molecule has 6 nitrogen and oxygen atoms in total. The van der Waals surface area contributed by atoms with Crippen LogP contribution in [0, 0.1) is 0 Å². The molecule has 1 aromatic heterocycles. The van der Waals surface area contributed by atoms with Crippen LogP contribution in [-0.2, 0) is 4.74 Å². The van der Waals surface area contributed by atoms with E-state index in [4.69, 9.17) is 33.7 Å². The monoisotopic (exact) mass is 301 g/mol. The molecule has 0 aliphatic carbocycles. The van der Waals surface area contributed by atoms with Crippen molar-refractivity contribution in [2.24, 2.45) is 0 Å². The van der Waals surface area contributed by atoms with Gasteiger partial charge >= 0.3 is 0 Å². The van der Waals surface area contributed by atoms with Gasteiger partial charge in [0.2, 0.25) is 0 Å². The van der Waals surface area contributed by atoms with Crippen LogP contribution in [0.15, 0.2) is 12.1 Å². The molecule has 8 heteroatoms. The van der Waals surface area contributed by atoms with Gasteiger partial charge in [-0.25, -0.2) is 4.68 Å². The Hall–Kier alpha value is -1.37. The van der Waals surface area contributed by atoms with E-state index in [1.807, 2.05) is 6.92 Å². The number of anilines is 1. The molecule has 0 saturated heterocycles. The van der Waals surface area contributed by atoms with E-state index in [1.165, 1.54) is 0 Å². The van der Waals surface area contributed by atoms with Gasteiger partial charge in [-0.15, -0.1) is 5.10 Å². The smallest absolute Gasteiger partial charge is 0.183 e. The van der Waals surface area contributed by atoms with Crippen LogP contribution >= 0.6 is 23.2 Å². The van der Waals surface area contributed by atoms with Crippen molar-refractivity contribution in [2.75, 3.05) is 19.5 Å². The Morgan fingerprint density at radius 1 is 1.42 bits per heavy atom. The number of benzene rings is 1. The van der Waals surface area contributed by atoms with Gasteiger partial charge < -0.3 is 10.5 Å². The number of aromatic nitrogens is 4. The molecule has 1 atom stereocenters. The highest BCUT2D eigenvalue weighted by Gasteiger charge is 2.18. The van der Waals surface area contributed by atoms with E-state index in [2.05, 4.69) is 15.5 Å². The molecule has 0 spiro atoms. The van der Waals surface area contributed by atoms with Crippen LogP contribution in [0.2, 0.25) is 10.0 Å². The van der Waals surface area contributed by atoms with Gasteiger partial charge in [-0.3, -0.25) is 0 Å². The van der Waals surface area contributed by atoms with Crippen LogP contribution in [0.25, 0.3) is 11.4 Å². The molecule has 0 amide bonds. The van der Waals surface area contributed by atoms with E-state index in [-0.39, 0.29) is 6.04 Å². The van der Waals surface area contributed by atoms with Gasteiger partial charge in [0.1, 0.15) is 0 Å². The lowest BCUT2D eigenvalue weighted by molar-refractivity contribution is 0.156. The zero-order valence-electron chi connectivity index (χ0n) is 10.5. The van der Waals surface area contributed by atoms with Gasteiger partial charge in [0.15, 0.2) is 5.82 Å². The number of hydrogen-bond donors (Lipinski definition) is 1. The lowest BCUT2D eigenvalue weighted by atomic mass is 10.2. The van der Waals surface area contributed by atoms with Gasteiger partial charge in [-0.1, -0.05) is 23.2 Å². The number of nitrogens with zero attached hydrogens (tertiary/aromatic N) is 4. The summed E-state index contributed by atoms with van der Waals surface area (Å²) in [5, 5.41) is 12.3. The normalized spacial score (nSPS) is 12.6. The predicted molar refractivity (Wildman–Crippen MR) is 74.3 cm³/mol. The van der Waals surface area contributed by atoms with E-state index in [9.17, 15) is 0 Å². The molecule has 1 unspecified atom stereocenters. The molecule has 0 aliphatic heterocycles. The van der Waals surface area contributed by atoms with E-state index in [0.717, 1.165) is 0 Å². The minimum Gasteiger partial charge on any atom is -0.399 e. The summed E-state index contributed by atoms with van der Waals surface area (Å²) in [6, 6.07) is 3.24. The molecular formula is C11H13Cl2N5O. The molecule has 0 bridgehead atoms. The third kappa shape index (κ3) is 2.80. The third-order valence-electron chi connectivity index (χ3n) is 2.61. The average Bonchev–Trinajstić information content (AvgIpc) is 2.83. The summed E-state index contributed by atoms with van der Waals surface area (Å²) >= 11 is 12.2. The van der Waals surface area contributed by atoms with Gasteiger partial charge in [-0.2, -0.15) is 0 Å². The lowest BCUT2D eigenvalue weighted by Crippen LogP contribution is -2.14. The zero-order valence-corrected chi connectivity index (χ0v) is 12.0. The van der Waals surface area contributed by atoms with Crippen LogP contribution in [0.5, 0.6) is 0 Å². The highest BCUT2D eigenvalue weighted by molar-refractivity contribution is 6.43. The van der Waals surface area contributed by atoms with Crippen molar-refractivity contribution in [3.05, 3.63) is 22.2 Å². The molecular weight excluding hydrogens is 289 g/mol. The molecule has 2 aromatic rings. The van der Waals surface area contributed by atoms with E-state index < -0.39 is 0 Å². The lowest BCUT2D eigenvalue weighted by Gasteiger charge is -2.13. The predicted octanol–water partition coefficient (Wildman–Crippen LogP) is 2.44. The molecule has 102 valence electrons. The second-order valence-corrected chi connectivity index (χ2v) is 4.90. The fourth-order valence-electron chi connectivity index (χ4n) is 1.75. The molecule has 0 saturated carbocycles. The SMILES string of the molecule is COCC(C)n1nnnc1-c1cc(N)cc(Cl)c1Cl. The topological polar surface area (TPSA) is 78.8 Å². The fourth-order valence-corrected chi connectivity index (χ4v) is 2.17. The second-order valence-electron chi connectivity index (χ2n) is 4.12. The first-order valence-corrected chi connectivity index (χ1v) is 6.32. The maximum atomic E-state index is 6.18. The van der Waals surface area contributed by atoms with Crippen molar-refractivity contribution in [3.63, 3.8) is 0 Å². The standard InChI is InChI=1S/C11H13Cl2N5O/c1-6(5-19-2)18-11(15-16-17-18)8-3-7(14)4-9(12)10(8)13/h3-4,6H,5,14H2,1-2H3. The number of ether oxygens (including phenoxy) is 1. The Kier molecular flexibility index (Phi) is 4.24. The van der Waals surface area contributed by atoms with E-state index >= 15 is 0 Å². The van der Waals surface area contributed by atoms with Crippen molar-refractivity contribution in [1.29, 1.82) is 0 Å². The number of halogens is 2. The van der Waals surface area contributed by atoms with Crippen LogP contribution in [-0.4, -0.2) is 33.9 Å². The van der Waals surface area contributed by atoms with Crippen LogP contribution in [0.3, 0.4) is 0 Å². The molecule has 0 radical (unpaired) electrons. The molecule has 19 heavy (non-hydrogen) atoms. The summed E-state index contributed by atoms with van der Waals surface area (Å²) < 4.78 is 6.72. The number of nitrogens with two attached hydrogens (primary N) is 1. The van der Waals surface area contributed by atoms with Crippen molar-refractivity contribution in [3.8, 4) is 11.4 Å². The second kappa shape index (κ2) is 5.73. The summed E-state index contributed by atoms with van der Waals surface area (Å²) in [5.41, 5.74) is 6.87. The first-order valence-electron chi connectivity index (χ1n) is 5.56. The number of hydrogen-bond acceptors (Lipinski definition) is 5. The number of nitrogen functional groups attached to an aromatic ring is 1. The maximum absolute atomic E-state index is 6.18. The zero-order chi connectivity index (χ0) is 14.0. The van der Waals surface area contributed by atoms with E-state index in [1.54, 1.807) is 23.9 Å². The molecule has 0 aliphatic rings. The minimum atomic E-state index is -0.0359. The van der Waals surface area contributed by atoms with Crippen molar-refractivity contribution < 1.29 is 4.74 Å². The summed E-state index contributed by atoms with van der Waals surface area (Å²) in [5.74, 6) is 0.503. The van der Waals surface area contributed by atoms with Gasteiger partial charge in [0.05, 0.1) is 22.7 Å². The Balaban J connectivity index is 2.51. The van der Waals surface area contributed by atoms with Crippen molar-refractivity contribution >= 4 is 28.9 Å². The Bertz CT molecular complexity index is 586. The molecule has 1 heterocycles. The quantitative estimate of drug-likeness (QED) is 0.878. The maximum Gasteiger partial charge on any atom is 0.183 e. The van der Waals surface area contributed by atoms with Gasteiger partial charge in [-0.05, 0) is 29.5 Å². The number of methoxy groups -OCH3 is 1. The third-order valence-corrected chi connectivity index (χ3v) is 3.41. The Labute approximate surface area is 120 Å². The number of rotatable bonds is 4. The van der Waals surface area contributed by atoms with Crippen LogP contribution < -0.4 is 5.73 Å². The van der Waals surface area contributed by atoms with Crippen molar-refractivity contribution in [2.45, 2.75) is 13.0 Å². The van der Waals surface area contributed by atoms with Crippen LogP contribution in [0.1, 0.15) is 13.0 Å². The highest BCUT2D eigenvalue weighted by atomic mass is 35.5. The Morgan fingerprint density at radius 3 is 2.84 bits per heavy atom. The molecule has 2 N–H and O–H groups in total. The van der Waals surface area contributed by atoms with Gasteiger partial charge in [0.25, 0.3) is 0 Å². The van der Waals surface area contributed by atoms with Gasteiger partial charge in [0, 0.05) is 18.4 Å². The van der Waals surface area contributed by atoms with E-state index in [0.29, 0.717) is 33.7 Å². The summed E-state index contributed by atoms with van der Waals surface area (Å²) in [7, 11) is 1.62. The first-order chi connectivity index (χ1) is 9.04. The first kappa shape index (κ1) is 14.0. The number of tetrazole rings is 1. The van der Waals surface area contributed by atoms with Crippen LogP contribution in [0.4, 0.5) is 5.69 Å². The summed E-state index contributed by atoms with van der Waals surface area (Å²) in [6.45, 7) is 2.41. The molecule has 1 aromatic carbocycles. The highest BCUT2D eigenvalue weighted by Crippen LogP contribution is 2.35. The fraction of sp³-hybridized carbons (Fsp3) is 0.364. The average molecular weight is 302 g/mol. The summed E-state index contributed by atoms with van der Waals surface area (Å²) in [4.78, 5) is 0. The minimum absolute atomic E-state index is 0.0359. The molecule has 2 rings (SSSR count). The van der Waals surface area contributed by atoms with Crippen molar-refractivity contribution in [1.82, 2.24) is 20.2 Å². The largest absolute Gasteiger partial charge is 0.399 e. The summed E-state index contributed by atoms with van der Waals surface area (Å²) in [6.07, 6.45) is 0. The Morgan fingerprint density at radius 2 is 2.16 bits per heavy atom.